The highest BCUT2D eigenvalue weighted by Crippen LogP contribution is 2.42. The van der Waals surface area contributed by atoms with Crippen molar-refractivity contribution in [1.29, 1.82) is 0 Å². The zero-order chi connectivity index (χ0) is 29.3. The summed E-state index contributed by atoms with van der Waals surface area (Å²) in [5.74, 6) is -2.46. The van der Waals surface area contributed by atoms with Crippen LogP contribution >= 0.6 is 0 Å². The molecule has 0 spiro atoms. The number of halogens is 2. The molecule has 9 nitrogen and oxygen atoms in total. The predicted octanol–water partition coefficient (Wildman–Crippen LogP) is 6.20. The van der Waals surface area contributed by atoms with Crippen LogP contribution in [0.25, 0.3) is 5.65 Å². The number of nitrogens with zero attached hydrogens (tertiary/aromatic N) is 4. The molecule has 41 heavy (non-hydrogen) atoms. The molecular formula is C30H40F2N6O3. The molecule has 0 radical (unpaired) electrons. The monoisotopic (exact) mass is 570 g/mol. The maximum Gasteiger partial charge on any atom is 0.257 e. The molecule has 2 aliphatic carbocycles. The van der Waals surface area contributed by atoms with Crippen LogP contribution in [0.3, 0.4) is 0 Å². The number of hydrogen-bond acceptors (Lipinski definition) is 6. The molecular weight excluding hydrogens is 530 g/mol. The summed E-state index contributed by atoms with van der Waals surface area (Å²) in [5.41, 5.74) is 2.89. The van der Waals surface area contributed by atoms with E-state index in [-0.39, 0.29) is 55.4 Å². The Morgan fingerprint density at radius 3 is 2.46 bits per heavy atom. The van der Waals surface area contributed by atoms with Gasteiger partial charge in [0.15, 0.2) is 11.4 Å². The Balaban J connectivity index is 1.46. The maximum atomic E-state index is 14.1. The third-order valence-electron chi connectivity index (χ3n) is 8.61. The van der Waals surface area contributed by atoms with Crippen LogP contribution in [0.5, 0.6) is 0 Å². The molecule has 222 valence electrons. The summed E-state index contributed by atoms with van der Waals surface area (Å²) in [4.78, 5) is 30.9. The van der Waals surface area contributed by atoms with Crippen LogP contribution in [-0.2, 0) is 4.79 Å². The van der Waals surface area contributed by atoms with Crippen molar-refractivity contribution in [3.8, 4) is 0 Å². The molecule has 0 bridgehead atoms. The molecule has 5 rings (SSSR count). The molecule has 0 aliphatic heterocycles. The SMILES string of the molecule is CCCC(=O)N[C@@H](c1cnn2cc([C@@H](NC(=O)c3c(C)noc3C(C)C)C3CCC(F)(F)CC3)nc2c1)C1CCC1. The van der Waals surface area contributed by atoms with Crippen molar-refractivity contribution >= 4 is 17.5 Å². The topological polar surface area (TPSA) is 114 Å². The number of amides is 2. The van der Waals surface area contributed by atoms with Gasteiger partial charge in [0.25, 0.3) is 5.91 Å². The molecule has 0 aromatic carbocycles. The molecule has 2 fully saturated rings. The van der Waals surface area contributed by atoms with Crippen LogP contribution in [0, 0.1) is 18.8 Å². The molecule has 11 heteroatoms. The Labute approximate surface area is 238 Å². The number of carbonyl (C=O) groups excluding carboxylic acids is 2. The number of nitrogens with one attached hydrogen (secondary N) is 2. The lowest BCUT2D eigenvalue weighted by Crippen LogP contribution is -2.37. The van der Waals surface area contributed by atoms with Crippen molar-refractivity contribution in [3.05, 3.63) is 46.7 Å². The summed E-state index contributed by atoms with van der Waals surface area (Å²) in [5, 5.41) is 14.9. The van der Waals surface area contributed by atoms with Crippen molar-refractivity contribution in [2.75, 3.05) is 0 Å². The number of rotatable bonds is 10. The fraction of sp³-hybridized carbons (Fsp3) is 0.633. The van der Waals surface area contributed by atoms with E-state index in [1.54, 1.807) is 23.8 Å². The zero-order valence-corrected chi connectivity index (χ0v) is 24.3. The van der Waals surface area contributed by atoms with Gasteiger partial charge in [0.2, 0.25) is 11.8 Å². The van der Waals surface area contributed by atoms with Gasteiger partial charge in [-0.3, -0.25) is 9.59 Å². The average Bonchev–Trinajstić information content (AvgIpc) is 3.49. The van der Waals surface area contributed by atoms with Gasteiger partial charge in [0.05, 0.1) is 35.9 Å². The summed E-state index contributed by atoms with van der Waals surface area (Å²) in [6.07, 6.45) is 8.05. The van der Waals surface area contributed by atoms with Gasteiger partial charge in [-0.05, 0) is 62.5 Å². The van der Waals surface area contributed by atoms with Crippen LogP contribution in [0.1, 0.15) is 130 Å². The largest absolute Gasteiger partial charge is 0.360 e. The van der Waals surface area contributed by atoms with Crippen molar-refractivity contribution in [1.82, 2.24) is 30.4 Å². The zero-order valence-electron chi connectivity index (χ0n) is 24.3. The summed E-state index contributed by atoms with van der Waals surface area (Å²) in [6, 6.07) is 1.20. The van der Waals surface area contributed by atoms with E-state index in [9.17, 15) is 18.4 Å². The number of imidazole rings is 1. The second kappa shape index (κ2) is 11.9. The second-order valence-electron chi connectivity index (χ2n) is 12.1. The highest BCUT2D eigenvalue weighted by atomic mass is 19.3. The van der Waals surface area contributed by atoms with E-state index < -0.39 is 12.0 Å². The van der Waals surface area contributed by atoms with Crippen molar-refractivity contribution in [2.24, 2.45) is 11.8 Å². The van der Waals surface area contributed by atoms with Crippen molar-refractivity contribution in [2.45, 2.75) is 109 Å². The van der Waals surface area contributed by atoms with Gasteiger partial charge < -0.3 is 15.2 Å². The van der Waals surface area contributed by atoms with Gasteiger partial charge in [-0.25, -0.2) is 18.3 Å². The lowest BCUT2D eigenvalue weighted by Gasteiger charge is -2.34. The summed E-state index contributed by atoms with van der Waals surface area (Å²) in [7, 11) is 0. The van der Waals surface area contributed by atoms with Gasteiger partial charge in [0, 0.05) is 25.2 Å². The fourth-order valence-corrected chi connectivity index (χ4v) is 6.05. The first kappa shape index (κ1) is 29.1. The maximum absolute atomic E-state index is 14.1. The van der Waals surface area contributed by atoms with Crippen molar-refractivity contribution in [3.63, 3.8) is 0 Å². The van der Waals surface area contributed by atoms with E-state index in [0.717, 1.165) is 31.2 Å². The van der Waals surface area contributed by atoms with E-state index in [0.29, 0.717) is 40.7 Å². The number of aryl methyl sites for hydroxylation is 1. The Morgan fingerprint density at radius 2 is 1.83 bits per heavy atom. The highest BCUT2D eigenvalue weighted by Gasteiger charge is 2.40. The third-order valence-corrected chi connectivity index (χ3v) is 8.61. The number of aromatic nitrogens is 4. The van der Waals surface area contributed by atoms with Crippen LogP contribution in [0.2, 0.25) is 0 Å². The minimum atomic E-state index is -2.70. The Hall–Kier alpha value is -3.37. The van der Waals surface area contributed by atoms with E-state index in [1.807, 2.05) is 26.8 Å². The highest BCUT2D eigenvalue weighted by molar-refractivity contribution is 5.96. The smallest absolute Gasteiger partial charge is 0.257 e. The van der Waals surface area contributed by atoms with Gasteiger partial charge in [0.1, 0.15) is 5.56 Å². The van der Waals surface area contributed by atoms with Gasteiger partial charge in [-0.2, -0.15) is 5.10 Å². The first-order valence-corrected chi connectivity index (χ1v) is 14.9. The predicted molar refractivity (Wildman–Crippen MR) is 149 cm³/mol. The van der Waals surface area contributed by atoms with Gasteiger partial charge in [-0.1, -0.05) is 32.3 Å². The molecule has 3 aromatic rings. The minimum absolute atomic E-state index is 0.0231. The molecule has 2 atom stereocenters. The first-order chi connectivity index (χ1) is 19.6. The molecule has 2 N–H and O–H groups in total. The van der Waals surface area contributed by atoms with E-state index in [4.69, 9.17) is 9.51 Å². The molecule has 0 unspecified atom stereocenters. The molecule has 2 aliphatic rings. The van der Waals surface area contributed by atoms with Crippen LogP contribution in [0.4, 0.5) is 8.78 Å². The molecule has 3 aromatic heterocycles. The van der Waals surface area contributed by atoms with Gasteiger partial charge >= 0.3 is 0 Å². The Kier molecular flexibility index (Phi) is 8.42. The second-order valence-corrected chi connectivity index (χ2v) is 12.1. The van der Waals surface area contributed by atoms with E-state index in [1.165, 1.54) is 0 Å². The molecule has 2 saturated carbocycles. The van der Waals surface area contributed by atoms with Gasteiger partial charge in [-0.15, -0.1) is 0 Å². The minimum Gasteiger partial charge on any atom is -0.360 e. The molecule has 3 heterocycles. The normalized spacial score (nSPS) is 19.2. The number of fused-ring (bicyclic) bond motifs is 1. The number of alkyl halides is 2. The molecule has 2 amide bonds. The summed E-state index contributed by atoms with van der Waals surface area (Å²) < 4.78 is 35.2. The van der Waals surface area contributed by atoms with Crippen LogP contribution in [-0.4, -0.2) is 37.5 Å². The summed E-state index contributed by atoms with van der Waals surface area (Å²) >= 11 is 0. The van der Waals surface area contributed by atoms with Crippen LogP contribution < -0.4 is 10.6 Å². The third kappa shape index (κ3) is 6.28. The number of hydrogen-bond donors (Lipinski definition) is 2. The first-order valence-electron chi connectivity index (χ1n) is 14.9. The lowest BCUT2D eigenvalue weighted by molar-refractivity contribution is -0.122. The fourth-order valence-electron chi connectivity index (χ4n) is 6.05. The number of carbonyl (C=O) groups is 2. The summed E-state index contributed by atoms with van der Waals surface area (Å²) in [6.45, 7) is 7.54. The molecule has 0 saturated heterocycles. The average molecular weight is 571 g/mol. The van der Waals surface area contributed by atoms with E-state index >= 15 is 0 Å². The Bertz CT molecular complexity index is 1390. The quantitative estimate of drug-likeness (QED) is 0.300. The standard InChI is InChI=1S/C30H40F2N6O3/c1-5-7-24(39)35-26(19-8-6-9-19)21-14-23-34-22(16-38(23)33-15-21)27(20-10-12-30(31,32)13-11-20)36-29(40)25-18(4)37-41-28(25)17(2)3/h14-17,19-20,26-27H,5-13H2,1-4H3,(H,35,39)(H,36,40)/t26-,27+/m1/s1. The Morgan fingerprint density at radius 1 is 1.12 bits per heavy atom. The van der Waals surface area contributed by atoms with Crippen LogP contribution in [0.15, 0.2) is 23.0 Å². The van der Waals surface area contributed by atoms with E-state index in [2.05, 4.69) is 20.9 Å². The lowest BCUT2D eigenvalue weighted by atomic mass is 9.77. The van der Waals surface area contributed by atoms with Crippen molar-refractivity contribution < 1.29 is 22.9 Å².